The molecule has 0 aliphatic carbocycles. The number of rotatable bonds is 5. The lowest BCUT2D eigenvalue weighted by Gasteiger charge is -2.18. The highest BCUT2D eigenvalue weighted by molar-refractivity contribution is 5.95. The molecule has 0 spiro atoms. The number of Topliss-reactive ketones (excluding diaryl/α,β-unsaturated/α-hetero) is 1. The van der Waals surface area contributed by atoms with Crippen LogP contribution in [0.1, 0.15) is 17.3 Å². The molecule has 0 aromatic heterocycles. The lowest BCUT2D eigenvalue weighted by atomic mass is 10.1. The first-order chi connectivity index (χ1) is 15.0. The number of amides is 3. The maximum absolute atomic E-state index is 12.3. The van der Waals surface area contributed by atoms with Gasteiger partial charge in [0.2, 0.25) is 0 Å². The summed E-state index contributed by atoms with van der Waals surface area (Å²) >= 11 is 0. The van der Waals surface area contributed by atoms with Crippen molar-refractivity contribution < 1.29 is 28.6 Å². The van der Waals surface area contributed by atoms with Crippen LogP contribution in [0, 0.1) is 0 Å². The van der Waals surface area contributed by atoms with Crippen molar-refractivity contribution in [3.8, 4) is 0 Å². The van der Waals surface area contributed by atoms with Gasteiger partial charge in [-0.15, -0.1) is 0 Å². The van der Waals surface area contributed by atoms with E-state index in [2.05, 4.69) is 16.0 Å². The summed E-state index contributed by atoms with van der Waals surface area (Å²) in [5.74, 6) is -0.0437. The molecule has 2 aliphatic rings. The Morgan fingerprint density at radius 1 is 0.871 bits per heavy atom. The smallest absolute Gasteiger partial charge is 0.412 e. The normalized spacial score (nSPS) is 24.2. The van der Waals surface area contributed by atoms with Crippen molar-refractivity contribution in [2.24, 2.45) is 0 Å². The average molecular weight is 425 g/mol. The number of urea groups is 1. The molecule has 2 fully saturated rings. The number of carbonyl (C=O) groups excluding carboxylic acids is 3. The SMILES string of the molecule is CC(=O)c1ccc(NC(=O)N[C@H]2CO[C@H]3[C@@H]2OC[C@H]3OC(=O)Nc2ccccc2)cc1. The van der Waals surface area contributed by atoms with Crippen molar-refractivity contribution in [3.05, 3.63) is 60.2 Å². The fourth-order valence-corrected chi connectivity index (χ4v) is 3.62. The molecule has 3 N–H and O–H groups in total. The number of hydrogen-bond donors (Lipinski definition) is 3. The van der Waals surface area contributed by atoms with Gasteiger partial charge in [-0.25, -0.2) is 9.59 Å². The first-order valence-electron chi connectivity index (χ1n) is 9.94. The highest BCUT2D eigenvalue weighted by atomic mass is 16.6. The highest BCUT2D eigenvalue weighted by Gasteiger charge is 2.50. The van der Waals surface area contributed by atoms with Gasteiger partial charge >= 0.3 is 12.1 Å². The monoisotopic (exact) mass is 425 g/mol. The van der Waals surface area contributed by atoms with Crippen LogP contribution in [0.25, 0.3) is 0 Å². The van der Waals surface area contributed by atoms with Crippen molar-refractivity contribution in [3.63, 3.8) is 0 Å². The third-order valence-corrected chi connectivity index (χ3v) is 5.15. The minimum atomic E-state index is -0.591. The summed E-state index contributed by atoms with van der Waals surface area (Å²) < 4.78 is 16.9. The van der Waals surface area contributed by atoms with E-state index in [1.54, 1.807) is 36.4 Å². The number of para-hydroxylation sites is 1. The molecule has 0 bridgehead atoms. The van der Waals surface area contributed by atoms with Crippen LogP contribution in [0.5, 0.6) is 0 Å². The van der Waals surface area contributed by atoms with Gasteiger partial charge in [0.25, 0.3) is 0 Å². The molecule has 2 aliphatic heterocycles. The van der Waals surface area contributed by atoms with Crippen LogP contribution < -0.4 is 16.0 Å². The first kappa shape index (κ1) is 20.8. The first-order valence-corrected chi connectivity index (χ1v) is 9.94. The Kier molecular flexibility index (Phi) is 6.15. The number of fused-ring (bicyclic) bond motifs is 1. The predicted molar refractivity (Wildman–Crippen MR) is 112 cm³/mol. The Morgan fingerprint density at radius 2 is 1.55 bits per heavy atom. The number of benzene rings is 2. The minimum absolute atomic E-state index is 0.0437. The number of hydrogen-bond acceptors (Lipinski definition) is 6. The molecule has 0 radical (unpaired) electrons. The second kappa shape index (κ2) is 9.15. The van der Waals surface area contributed by atoms with Crippen molar-refractivity contribution >= 4 is 29.3 Å². The van der Waals surface area contributed by atoms with Crippen LogP contribution in [-0.4, -0.2) is 55.5 Å². The summed E-state index contributed by atoms with van der Waals surface area (Å²) in [6.07, 6.45) is -2.03. The van der Waals surface area contributed by atoms with Crippen LogP contribution in [0.4, 0.5) is 21.0 Å². The molecule has 9 heteroatoms. The zero-order valence-electron chi connectivity index (χ0n) is 16.9. The zero-order valence-corrected chi connectivity index (χ0v) is 16.9. The third-order valence-electron chi connectivity index (χ3n) is 5.15. The van der Waals surface area contributed by atoms with Gasteiger partial charge in [0.15, 0.2) is 11.9 Å². The van der Waals surface area contributed by atoms with Crippen LogP contribution in [0.15, 0.2) is 54.6 Å². The fraction of sp³-hybridized carbons (Fsp3) is 0.318. The van der Waals surface area contributed by atoms with Gasteiger partial charge in [0.05, 0.1) is 19.3 Å². The molecule has 2 aromatic rings. The number of nitrogens with one attached hydrogen (secondary N) is 3. The van der Waals surface area contributed by atoms with E-state index in [0.29, 0.717) is 16.9 Å². The van der Waals surface area contributed by atoms with E-state index in [9.17, 15) is 14.4 Å². The molecule has 31 heavy (non-hydrogen) atoms. The van der Waals surface area contributed by atoms with E-state index in [-0.39, 0.29) is 25.0 Å². The van der Waals surface area contributed by atoms with Crippen LogP contribution in [-0.2, 0) is 14.2 Å². The summed E-state index contributed by atoms with van der Waals surface area (Å²) in [6, 6.07) is 14.8. The average Bonchev–Trinajstić information content (AvgIpc) is 3.32. The van der Waals surface area contributed by atoms with Gasteiger partial charge in [-0.3, -0.25) is 10.1 Å². The Bertz CT molecular complexity index is 949. The molecule has 3 amide bonds. The Morgan fingerprint density at radius 3 is 2.26 bits per heavy atom. The lowest BCUT2D eigenvalue weighted by Crippen LogP contribution is -2.46. The van der Waals surface area contributed by atoms with Crippen molar-refractivity contribution in [2.75, 3.05) is 23.8 Å². The summed E-state index contributed by atoms with van der Waals surface area (Å²) in [4.78, 5) is 35.8. The second-order valence-corrected chi connectivity index (χ2v) is 7.37. The molecule has 2 saturated heterocycles. The van der Waals surface area contributed by atoms with Crippen LogP contribution >= 0.6 is 0 Å². The van der Waals surface area contributed by atoms with E-state index in [1.165, 1.54) is 6.92 Å². The largest absolute Gasteiger partial charge is 0.441 e. The van der Waals surface area contributed by atoms with Crippen molar-refractivity contribution in [2.45, 2.75) is 31.3 Å². The number of carbonyl (C=O) groups is 3. The molecular formula is C22H23N3O6. The van der Waals surface area contributed by atoms with Gasteiger partial charge in [0, 0.05) is 16.9 Å². The summed E-state index contributed by atoms with van der Waals surface area (Å²) in [7, 11) is 0. The van der Waals surface area contributed by atoms with Gasteiger partial charge < -0.3 is 24.8 Å². The van der Waals surface area contributed by atoms with Crippen molar-refractivity contribution in [1.29, 1.82) is 0 Å². The molecule has 4 rings (SSSR count). The van der Waals surface area contributed by atoms with Gasteiger partial charge in [-0.05, 0) is 43.3 Å². The second-order valence-electron chi connectivity index (χ2n) is 7.37. The maximum atomic E-state index is 12.3. The molecular weight excluding hydrogens is 402 g/mol. The summed E-state index contributed by atoms with van der Waals surface area (Å²) in [5.41, 5.74) is 1.76. The molecule has 0 saturated carbocycles. The molecule has 2 heterocycles. The van der Waals surface area contributed by atoms with Crippen LogP contribution in [0.3, 0.4) is 0 Å². The minimum Gasteiger partial charge on any atom is -0.441 e. The van der Waals surface area contributed by atoms with Crippen LogP contribution in [0.2, 0.25) is 0 Å². The molecule has 4 atom stereocenters. The Hall–Kier alpha value is -3.43. The third kappa shape index (κ3) is 5.01. The molecule has 162 valence electrons. The quantitative estimate of drug-likeness (QED) is 0.635. The summed E-state index contributed by atoms with van der Waals surface area (Å²) in [6.45, 7) is 1.91. The van der Waals surface area contributed by atoms with Gasteiger partial charge in [-0.2, -0.15) is 0 Å². The number of ether oxygens (including phenoxy) is 3. The van der Waals surface area contributed by atoms with E-state index in [0.717, 1.165) is 0 Å². The van der Waals surface area contributed by atoms with E-state index >= 15 is 0 Å². The predicted octanol–water partition coefficient (Wildman–Crippen LogP) is 2.79. The molecule has 0 unspecified atom stereocenters. The van der Waals surface area contributed by atoms with Gasteiger partial charge in [-0.1, -0.05) is 18.2 Å². The summed E-state index contributed by atoms with van der Waals surface area (Å²) in [5, 5.41) is 8.20. The fourth-order valence-electron chi connectivity index (χ4n) is 3.62. The Balaban J connectivity index is 1.27. The van der Waals surface area contributed by atoms with Gasteiger partial charge in [0.1, 0.15) is 12.2 Å². The van der Waals surface area contributed by atoms with E-state index < -0.39 is 30.4 Å². The lowest BCUT2D eigenvalue weighted by molar-refractivity contribution is 0.00873. The highest BCUT2D eigenvalue weighted by Crippen LogP contribution is 2.29. The van der Waals surface area contributed by atoms with E-state index in [1.807, 2.05) is 18.2 Å². The maximum Gasteiger partial charge on any atom is 0.412 e. The standard InChI is InChI=1S/C22H23N3O6/c1-13(26)14-7-9-16(10-8-14)23-21(27)25-17-11-29-20-18(12-30-19(17)20)31-22(28)24-15-5-3-2-4-6-15/h2-10,17-20H,11-12H2,1H3,(H,24,28)(H2,23,25,27)/t17-,18+,19+,20+/m0/s1. The van der Waals surface area contributed by atoms with E-state index in [4.69, 9.17) is 14.2 Å². The number of ketones is 1. The topological polar surface area (TPSA) is 115 Å². The zero-order chi connectivity index (χ0) is 21.8. The molecule has 9 nitrogen and oxygen atoms in total. The Labute approximate surface area is 179 Å². The molecule has 2 aromatic carbocycles. The van der Waals surface area contributed by atoms with Crippen molar-refractivity contribution in [1.82, 2.24) is 5.32 Å². The number of anilines is 2.